The fourth-order valence-electron chi connectivity index (χ4n) is 1.31. The van der Waals surface area contributed by atoms with E-state index in [0.29, 0.717) is 12.2 Å². The summed E-state index contributed by atoms with van der Waals surface area (Å²) in [6.07, 6.45) is 1.70. The third kappa shape index (κ3) is 4.93. The number of aromatic nitrogens is 3. The zero-order chi connectivity index (χ0) is 14.5. The standard InChI is InChI=1S/C9H17N5O4S/c1-13-7-10-12-8(13)3-5-11-19(17,18)14(2)6-4-9(15)16/h7,11H,3-6H2,1-2H3,(H,15,16). The van der Waals surface area contributed by atoms with Crippen LogP contribution in [0.4, 0.5) is 0 Å². The molecule has 0 aliphatic heterocycles. The minimum atomic E-state index is -3.66. The van der Waals surface area contributed by atoms with E-state index in [9.17, 15) is 13.2 Å². The molecule has 0 radical (unpaired) electrons. The van der Waals surface area contributed by atoms with Gasteiger partial charge in [-0.25, -0.2) is 4.72 Å². The zero-order valence-electron chi connectivity index (χ0n) is 10.8. The highest BCUT2D eigenvalue weighted by atomic mass is 32.2. The first kappa shape index (κ1) is 15.5. The first-order valence-corrected chi connectivity index (χ1v) is 7.02. The normalized spacial score (nSPS) is 11.9. The molecule has 0 saturated carbocycles. The van der Waals surface area contributed by atoms with Gasteiger partial charge in [-0.05, 0) is 0 Å². The highest BCUT2D eigenvalue weighted by Crippen LogP contribution is 1.97. The van der Waals surface area contributed by atoms with E-state index >= 15 is 0 Å². The Hall–Kier alpha value is -1.52. The Morgan fingerprint density at radius 2 is 2.26 bits per heavy atom. The predicted molar refractivity (Wildman–Crippen MR) is 66.5 cm³/mol. The van der Waals surface area contributed by atoms with Gasteiger partial charge in [0.05, 0.1) is 6.42 Å². The van der Waals surface area contributed by atoms with E-state index in [1.807, 2.05) is 0 Å². The lowest BCUT2D eigenvalue weighted by Crippen LogP contribution is -2.40. The largest absolute Gasteiger partial charge is 0.481 e. The summed E-state index contributed by atoms with van der Waals surface area (Å²) in [5.74, 6) is -0.378. The van der Waals surface area contributed by atoms with Gasteiger partial charge in [-0.2, -0.15) is 12.7 Å². The Balaban J connectivity index is 2.42. The molecule has 9 nitrogen and oxygen atoms in total. The highest BCUT2D eigenvalue weighted by Gasteiger charge is 2.17. The summed E-state index contributed by atoms with van der Waals surface area (Å²) in [6, 6.07) is 0. The zero-order valence-corrected chi connectivity index (χ0v) is 11.6. The van der Waals surface area contributed by atoms with E-state index in [1.54, 1.807) is 11.6 Å². The second-order valence-corrected chi connectivity index (χ2v) is 5.83. The molecule has 0 aromatic carbocycles. The predicted octanol–water partition coefficient (Wildman–Crippen LogP) is -1.40. The lowest BCUT2D eigenvalue weighted by Gasteiger charge is -2.16. The Morgan fingerprint density at radius 3 is 2.79 bits per heavy atom. The quantitative estimate of drug-likeness (QED) is 0.608. The monoisotopic (exact) mass is 291 g/mol. The van der Waals surface area contributed by atoms with E-state index in [1.165, 1.54) is 13.4 Å². The maximum absolute atomic E-state index is 11.7. The summed E-state index contributed by atoms with van der Waals surface area (Å²) < 4.78 is 28.5. The van der Waals surface area contributed by atoms with Gasteiger partial charge >= 0.3 is 5.97 Å². The van der Waals surface area contributed by atoms with Crippen LogP contribution in [0.2, 0.25) is 0 Å². The van der Waals surface area contributed by atoms with Crippen LogP contribution in [0.1, 0.15) is 12.2 Å². The van der Waals surface area contributed by atoms with Gasteiger partial charge in [0.15, 0.2) is 0 Å². The van der Waals surface area contributed by atoms with Crippen molar-refractivity contribution in [2.75, 3.05) is 20.1 Å². The van der Waals surface area contributed by atoms with Gasteiger partial charge in [0.25, 0.3) is 10.2 Å². The Morgan fingerprint density at radius 1 is 1.58 bits per heavy atom. The molecule has 0 amide bonds. The molecule has 1 heterocycles. The van der Waals surface area contributed by atoms with Gasteiger partial charge < -0.3 is 9.67 Å². The van der Waals surface area contributed by atoms with Crippen molar-refractivity contribution in [2.45, 2.75) is 12.8 Å². The van der Waals surface area contributed by atoms with E-state index in [4.69, 9.17) is 5.11 Å². The molecule has 2 N–H and O–H groups in total. The summed E-state index contributed by atoms with van der Waals surface area (Å²) in [5, 5.41) is 16.0. The SMILES string of the molecule is CN(CCC(=O)O)S(=O)(=O)NCCc1nncn1C. The van der Waals surface area contributed by atoms with E-state index in [-0.39, 0.29) is 19.5 Å². The van der Waals surface area contributed by atoms with E-state index < -0.39 is 16.2 Å². The number of hydrogen-bond donors (Lipinski definition) is 2. The number of nitrogens with one attached hydrogen (secondary N) is 1. The molecule has 0 unspecified atom stereocenters. The Kier molecular flexibility index (Phi) is 5.39. The molecule has 0 aliphatic rings. The number of carbonyl (C=O) groups is 1. The molecule has 0 aliphatic carbocycles. The van der Waals surface area contributed by atoms with Gasteiger partial charge in [-0.15, -0.1) is 10.2 Å². The number of carboxylic acids is 1. The average molecular weight is 291 g/mol. The van der Waals surface area contributed by atoms with Crippen LogP contribution in [-0.2, 0) is 28.5 Å². The molecule has 1 aromatic heterocycles. The van der Waals surface area contributed by atoms with Crippen molar-refractivity contribution >= 4 is 16.2 Å². The second kappa shape index (κ2) is 6.59. The number of hydrogen-bond acceptors (Lipinski definition) is 5. The molecule has 0 fully saturated rings. The van der Waals surface area contributed by atoms with Crippen LogP contribution in [0.5, 0.6) is 0 Å². The topological polar surface area (TPSA) is 117 Å². The van der Waals surface area contributed by atoms with Crippen molar-refractivity contribution in [1.29, 1.82) is 0 Å². The van der Waals surface area contributed by atoms with Gasteiger partial charge in [-0.1, -0.05) is 0 Å². The highest BCUT2D eigenvalue weighted by molar-refractivity contribution is 7.87. The van der Waals surface area contributed by atoms with Crippen molar-refractivity contribution in [3.8, 4) is 0 Å². The molecule has 0 saturated heterocycles. The van der Waals surface area contributed by atoms with Crippen molar-refractivity contribution in [2.24, 2.45) is 7.05 Å². The van der Waals surface area contributed by atoms with Gasteiger partial charge in [0.1, 0.15) is 12.2 Å². The number of carboxylic acid groups (broad SMARTS) is 1. The summed E-state index contributed by atoms with van der Waals surface area (Å²) in [4.78, 5) is 10.4. The molecular formula is C9H17N5O4S. The van der Waals surface area contributed by atoms with Gasteiger partial charge in [0, 0.05) is 33.6 Å². The minimum Gasteiger partial charge on any atom is -0.481 e. The van der Waals surface area contributed by atoms with Crippen LogP contribution in [0.15, 0.2) is 6.33 Å². The first-order valence-electron chi connectivity index (χ1n) is 5.58. The number of nitrogens with zero attached hydrogens (tertiary/aromatic N) is 4. The maximum Gasteiger partial charge on any atom is 0.304 e. The van der Waals surface area contributed by atoms with Gasteiger partial charge in [0.2, 0.25) is 0 Å². The lowest BCUT2D eigenvalue weighted by atomic mass is 10.4. The number of rotatable bonds is 8. The first-order chi connectivity index (χ1) is 8.83. The second-order valence-electron chi connectivity index (χ2n) is 3.97. The van der Waals surface area contributed by atoms with E-state index in [2.05, 4.69) is 14.9 Å². The average Bonchev–Trinajstić information content (AvgIpc) is 2.71. The van der Waals surface area contributed by atoms with E-state index in [0.717, 1.165) is 4.31 Å². The molecule has 1 aromatic rings. The smallest absolute Gasteiger partial charge is 0.304 e. The van der Waals surface area contributed by atoms with Crippen LogP contribution < -0.4 is 4.72 Å². The Bertz CT molecular complexity index is 526. The summed E-state index contributed by atoms with van der Waals surface area (Å²) in [5.41, 5.74) is 0. The van der Waals surface area contributed by atoms with Crippen LogP contribution in [0, 0.1) is 0 Å². The molecule has 108 valence electrons. The van der Waals surface area contributed by atoms with Crippen LogP contribution in [-0.4, -0.2) is 58.7 Å². The summed E-state index contributed by atoms with van der Waals surface area (Å²) in [6.45, 7) is 0.0981. The van der Waals surface area contributed by atoms with Gasteiger partial charge in [-0.3, -0.25) is 4.79 Å². The van der Waals surface area contributed by atoms with Crippen LogP contribution in [0.25, 0.3) is 0 Å². The molecular weight excluding hydrogens is 274 g/mol. The lowest BCUT2D eigenvalue weighted by molar-refractivity contribution is -0.137. The van der Waals surface area contributed by atoms with Crippen molar-refractivity contribution in [1.82, 2.24) is 23.8 Å². The number of aliphatic carboxylic acids is 1. The summed E-state index contributed by atoms with van der Waals surface area (Å²) >= 11 is 0. The van der Waals surface area contributed by atoms with Crippen molar-refractivity contribution < 1.29 is 18.3 Å². The molecule has 10 heteroatoms. The maximum atomic E-state index is 11.7. The third-order valence-electron chi connectivity index (χ3n) is 2.49. The molecule has 19 heavy (non-hydrogen) atoms. The van der Waals surface area contributed by atoms with Crippen LogP contribution >= 0.6 is 0 Å². The Labute approximate surface area is 111 Å². The number of aryl methyl sites for hydroxylation is 1. The van der Waals surface area contributed by atoms with Crippen LogP contribution in [0.3, 0.4) is 0 Å². The molecule has 0 atom stereocenters. The van der Waals surface area contributed by atoms with Crippen molar-refractivity contribution in [3.63, 3.8) is 0 Å². The molecule has 1 rings (SSSR count). The van der Waals surface area contributed by atoms with Crippen molar-refractivity contribution in [3.05, 3.63) is 12.2 Å². The minimum absolute atomic E-state index is 0.0748. The fourth-order valence-corrected chi connectivity index (χ4v) is 2.22. The molecule has 0 bridgehead atoms. The summed E-state index contributed by atoms with van der Waals surface area (Å²) in [7, 11) is -0.566. The molecule has 0 spiro atoms. The fraction of sp³-hybridized carbons (Fsp3) is 0.667. The third-order valence-corrected chi connectivity index (χ3v) is 4.06.